The number of hydrogen-bond acceptors (Lipinski definition) is 2. The van der Waals surface area contributed by atoms with Gasteiger partial charge >= 0.3 is 0 Å². The lowest BCUT2D eigenvalue weighted by Gasteiger charge is -2.37. The Hall–Kier alpha value is -0.0200. The average Bonchev–Trinajstić information content (AvgIpc) is 2.38. The van der Waals surface area contributed by atoms with Crippen LogP contribution in [0.5, 0.6) is 0 Å². The molecule has 3 rings (SSSR count). The lowest BCUT2D eigenvalue weighted by atomic mass is 9.70. The van der Waals surface area contributed by atoms with Crippen molar-refractivity contribution >= 4 is 28.3 Å². The molecule has 3 aliphatic rings. The number of fused-ring (bicyclic) bond motifs is 2. The van der Waals surface area contributed by atoms with Crippen LogP contribution in [0.2, 0.25) is 0 Å². The summed E-state index contributed by atoms with van der Waals surface area (Å²) in [6.07, 6.45) is 11.6. The minimum absolute atomic E-state index is 0.839. The highest BCUT2D eigenvalue weighted by Crippen LogP contribution is 2.41. The molecule has 0 spiro atoms. The van der Waals surface area contributed by atoms with Gasteiger partial charge in [0.2, 0.25) is 0 Å². The first-order valence-electron chi connectivity index (χ1n) is 6.88. The Morgan fingerprint density at radius 2 is 2.29 bits per heavy atom. The van der Waals surface area contributed by atoms with Crippen molar-refractivity contribution in [3.8, 4) is 0 Å². The highest BCUT2D eigenvalue weighted by Gasteiger charge is 2.31. The largest absolute Gasteiger partial charge is 0.371 e. The molecule has 0 aromatic heterocycles. The van der Waals surface area contributed by atoms with Gasteiger partial charge in [0.15, 0.2) is 0 Å². The van der Waals surface area contributed by atoms with Gasteiger partial charge in [0.25, 0.3) is 0 Å². The molecule has 17 heavy (non-hydrogen) atoms. The summed E-state index contributed by atoms with van der Waals surface area (Å²) in [7, 11) is 0. The van der Waals surface area contributed by atoms with Crippen molar-refractivity contribution in [2.45, 2.75) is 39.0 Å². The van der Waals surface area contributed by atoms with Crippen LogP contribution in [0.4, 0.5) is 0 Å². The van der Waals surface area contributed by atoms with Crippen molar-refractivity contribution < 1.29 is 0 Å². The van der Waals surface area contributed by atoms with Crippen LogP contribution in [0.1, 0.15) is 39.0 Å². The molecule has 0 aromatic carbocycles. The van der Waals surface area contributed by atoms with Gasteiger partial charge in [-0.3, -0.25) is 0 Å². The van der Waals surface area contributed by atoms with E-state index in [2.05, 4.69) is 24.4 Å². The quantitative estimate of drug-likeness (QED) is 0.460. The van der Waals surface area contributed by atoms with Crippen LogP contribution >= 0.6 is 24.0 Å². The Morgan fingerprint density at radius 1 is 1.41 bits per heavy atom. The standard InChI is InChI=1S/C14H23NS2/c1-2-3-8-15-14(16)17-10-13-9-11-4-6-12(13)7-5-11/h4,6,11-13H,2-3,5,7-10H2,1H3,(H,15,16). The zero-order chi connectivity index (χ0) is 12.1. The van der Waals surface area contributed by atoms with E-state index in [9.17, 15) is 0 Å². The normalized spacial score (nSPS) is 30.5. The van der Waals surface area contributed by atoms with Crippen LogP contribution in [-0.2, 0) is 0 Å². The molecule has 2 bridgehead atoms. The molecule has 1 nitrogen and oxygen atoms in total. The van der Waals surface area contributed by atoms with Crippen molar-refractivity contribution in [3.63, 3.8) is 0 Å². The first-order chi connectivity index (χ1) is 8.29. The van der Waals surface area contributed by atoms with Gasteiger partial charge < -0.3 is 5.32 Å². The average molecular weight is 269 g/mol. The number of nitrogens with one attached hydrogen (secondary N) is 1. The predicted octanol–water partition coefficient (Wildman–Crippen LogP) is 4.00. The molecule has 0 aliphatic heterocycles. The number of allylic oxidation sites excluding steroid dienone is 2. The number of thioether (sulfide) groups is 1. The number of unbranched alkanes of at least 4 members (excludes halogenated alkanes) is 1. The molecule has 3 unspecified atom stereocenters. The molecule has 1 fully saturated rings. The third-order valence-electron chi connectivity index (χ3n) is 3.94. The maximum Gasteiger partial charge on any atom is 0.133 e. The summed E-state index contributed by atoms with van der Waals surface area (Å²) in [4.78, 5) is 0. The summed E-state index contributed by atoms with van der Waals surface area (Å²) in [5.74, 6) is 3.79. The van der Waals surface area contributed by atoms with Crippen molar-refractivity contribution in [1.29, 1.82) is 0 Å². The minimum Gasteiger partial charge on any atom is -0.371 e. The fraction of sp³-hybridized carbons (Fsp3) is 0.786. The van der Waals surface area contributed by atoms with Gasteiger partial charge in [-0.25, -0.2) is 0 Å². The third-order valence-corrected chi connectivity index (χ3v) is 5.44. The molecule has 3 atom stereocenters. The van der Waals surface area contributed by atoms with Gasteiger partial charge in [0, 0.05) is 12.3 Å². The van der Waals surface area contributed by atoms with Crippen molar-refractivity contribution in [2.75, 3.05) is 12.3 Å². The molecular weight excluding hydrogens is 246 g/mol. The summed E-state index contributed by atoms with van der Waals surface area (Å²) in [5.41, 5.74) is 0. The first-order valence-corrected chi connectivity index (χ1v) is 8.28. The second kappa shape index (κ2) is 6.79. The van der Waals surface area contributed by atoms with Gasteiger partial charge in [-0.2, -0.15) is 0 Å². The second-order valence-electron chi connectivity index (χ2n) is 5.26. The van der Waals surface area contributed by atoms with Gasteiger partial charge in [-0.05, 0) is 43.4 Å². The Labute approximate surface area is 115 Å². The van der Waals surface area contributed by atoms with Crippen molar-refractivity contribution in [2.24, 2.45) is 17.8 Å². The van der Waals surface area contributed by atoms with E-state index in [1.165, 1.54) is 37.9 Å². The summed E-state index contributed by atoms with van der Waals surface area (Å²) >= 11 is 7.22. The zero-order valence-electron chi connectivity index (χ0n) is 10.7. The fourth-order valence-corrected chi connectivity index (χ4v) is 4.10. The Kier molecular flexibility index (Phi) is 5.36. The molecule has 1 N–H and O–H groups in total. The highest BCUT2D eigenvalue weighted by molar-refractivity contribution is 8.22. The number of thiocarbonyl (C=S) groups is 1. The van der Waals surface area contributed by atoms with E-state index in [0.717, 1.165) is 28.6 Å². The number of rotatable bonds is 5. The lowest BCUT2D eigenvalue weighted by Crippen LogP contribution is -2.30. The molecule has 96 valence electrons. The molecule has 3 heteroatoms. The molecule has 0 heterocycles. The third kappa shape index (κ3) is 3.99. The molecular formula is C14H23NS2. The van der Waals surface area contributed by atoms with Crippen LogP contribution in [0.3, 0.4) is 0 Å². The van der Waals surface area contributed by atoms with Crippen LogP contribution < -0.4 is 5.32 Å². The lowest BCUT2D eigenvalue weighted by molar-refractivity contribution is 0.243. The zero-order valence-corrected chi connectivity index (χ0v) is 12.3. The summed E-state index contributed by atoms with van der Waals surface area (Å²) in [6, 6.07) is 0. The number of hydrogen-bond donors (Lipinski definition) is 1. The Morgan fingerprint density at radius 3 is 2.88 bits per heavy atom. The molecule has 0 amide bonds. The summed E-state index contributed by atoms with van der Waals surface area (Å²) < 4.78 is 1.00. The maximum absolute atomic E-state index is 5.36. The van der Waals surface area contributed by atoms with Crippen LogP contribution in [0.15, 0.2) is 12.2 Å². The van der Waals surface area contributed by atoms with E-state index in [1.54, 1.807) is 0 Å². The molecule has 0 aromatic rings. The second-order valence-corrected chi connectivity index (χ2v) is 6.96. The monoisotopic (exact) mass is 269 g/mol. The van der Waals surface area contributed by atoms with E-state index in [1.807, 2.05) is 11.8 Å². The van der Waals surface area contributed by atoms with E-state index in [4.69, 9.17) is 12.2 Å². The van der Waals surface area contributed by atoms with E-state index in [0.29, 0.717) is 0 Å². The van der Waals surface area contributed by atoms with E-state index < -0.39 is 0 Å². The topological polar surface area (TPSA) is 12.0 Å². The van der Waals surface area contributed by atoms with Gasteiger partial charge in [0.05, 0.1) is 0 Å². The SMILES string of the molecule is CCCCNC(=S)SCC1CC2C=CC1CC2. The molecule has 3 aliphatic carbocycles. The van der Waals surface area contributed by atoms with Gasteiger partial charge in [-0.1, -0.05) is 49.5 Å². The predicted molar refractivity (Wildman–Crippen MR) is 81.4 cm³/mol. The van der Waals surface area contributed by atoms with Gasteiger partial charge in [-0.15, -0.1) is 0 Å². The summed E-state index contributed by atoms with van der Waals surface area (Å²) in [5, 5.41) is 3.34. The summed E-state index contributed by atoms with van der Waals surface area (Å²) in [6.45, 7) is 3.25. The van der Waals surface area contributed by atoms with Crippen molar-refractivity contribution in [1.82, 2.24) is 5.32 Å². The molecule has 0 saturated heterocycles. The maximum atomic E-state index is 5.36. The first kappa shape index (κ1) is 13.4. The smallest absolute Gasteiger partial charge is 0.133 e. The van der Waals surface area contributed by atoms with Crippen LogP contribution in [0, 0.1) is 17.8 Å². The van der Waals surface area contributed by atoms with Crippen LogP contribution in [0.25, 0.3) is 0 Å². The fourth-order valence-electron chi connectivity index (χ4n) is 2.84. The van der Waals surface area contributed by atoms with Gasteiger partial charge in [0.1, 0.15) is 4.32 Å². The Balaban J connectivity index is 1.65. The molecule has 0 radical (unpaired) electrons. The van der Waals surface area contributed by atoms with Crippen molar-refractivity contribution in [3.05, 3.63) is 12.2 Å². The molecule has 1 saturated carbocycles. The van der Waals surface area contributed by atoms with E-state index in [-0.39, 0.29) is 0 Å². The van der Waals surface area contributed by atoms with E-state index >= 15 is 0 Å². The highest BCUT2D eigenvalue weighted by atomic mass is 32.2. The van der Waals surface area contributed by atoms with Crippen LogP contribution in [-0.4, -0.2) is 16.6 Å². The Bertz CT molecular complexity index is 288. The minimum atomic E-state index is 0.839.